The van der Waals surface area contributed by atoms with Crippen molar-refractivity contribution < 1.29 is 65.3 Å². The van der Waals surface area contributed by atoms with Gasteiger partial charge in [-0.25, -0.2) is 14.4 Å². The van der Waals surface area contributed by atoms with Gasteiger partial charge in [-0.05, 0) is 86.2 Å². The minimum Gasteiger partial charge on any atom is -0.493 e. The summed E-state index contributed by atoms with van der Waals surface area (Å²) in [5.41, 5.74) is 0.971. The predicted octanol–water partition coefficient (Wildman–Crippen LogP) is 6.29. The molecule has 6 aromatic rings. The molecule has 2 aromatic heterocycles. The van der Waals surface area contributed by atoms with Crippen molar-refractivity contribution in [1.82, 2.24) is 29.7 Å². The molecule has 0 saturated carbocycles. The van der Waals surface area contributed by atoms with E-state index < -0.39 is 41.2 Å². The van der Waals surface area contributed by atoms with Crippen LogP contribution < -0.4 is 40.3 Å². The summed E-state index contributed by atoms with van der Waals surface area (Å²) in [7, 11) is 2.91. The lowest BCUT2D eigenvalue weighted by molar-refractivity contribution is -0.274. The van der Waals surface area contributed by atoms with Gasteiger partial charge in [0.1, 0.15) is 23.7 Å². The Kier molecular flexibility index (Phi) is 13.4. The maximum absolute atomic E-state index is 15.6. The molecule has 0 bridgehead atoms. The number of piperidine rings is 2. The fraction of sp³-hybridized carbons (Fsp3) is 0.300. The van der Waals surface area contributed by atoms with Crippen molar-refractivity contribution in [2.45, 2.75) is 58.0 Å². The first kappa shape index (κ1) is 49.4. The Balaban J connectivity index is 0.782. The number of fused-ring (bicyclic) bond motifs is 3. The molecule has 5 heterocycles. The van der Waals surface area contributed by atoms with Crippen LogP contribution in [0.4, 0.5) is 28.9 Å². The molecular weight excluding hydrogens is 965 g/mol. The van der Waals surface area contributed by atoms with E-state index in [1.165, 1.54) is 67.2 Å². The molecule has 2 saturated heterocycles. The number of imide groups is 1. The summed E-state index contributed by atoms with van der Waals surface area (Å²) in [5, 5.41) is 7.69. The number of aromatic nitrogens is 3. The second-order valence-corrected chi connectivity index (χ2v) is 17.6. The zero-order valence-electron chi connectivity index (χ0n) is 39.2. The Hall–Kier alpha value is -8.63. The number of rotatable bonds is 13. The summed E-state index contributed by atoms with van der Waals surface area (Å²) in [4.78, 5) is 102. The third-order valence-corrected chi connectivity index (χ3v) is 13.0. The fourth-order valence-electron chi connectivity index (χ4n) is 9.18. The van der Waals surface area contributed by atoms with E-state index in [4.69, 9.17) is 14.2 Å². The number of ether oxygens (including phenoxy) is 4. The van der Waals surface area contributed by atoms with Crippen LogP contribution in [0.25, 0.3) is 21.8 Å². The molecule has 9 rings (SSSR count). The Morgan fingerprint density at radius 2 is 1.62 bits per heavy atom. The van der Waals surface area contributed by atoms with Crippen LogP contribution >= 0.6 is 0 Å². The monoisotopic (exact) mass is 1010 g/mol. The summed E-state index contributed by atoms with van der Waals surface area (Å²) in [6.07, 6.45) is -2.14. The Bertz CT molecular complexity index is 3340. The number of methoxy groups -OCH3 is 1. The normalized spacial score (nSPS) is 16.0. The van der Waals surface area contributed by atoms with Crippen LogP contribution in [0.1, 0.15) is 64.1 Å². The van der Waals surface area contributed by atoms with Crippen molar-refractivity contribution in [3.63, 3.8) is 0 Å². The number of nitrogens with one attached hydrogen (secondary N) is 3. The van der Waals surface area contributed by atoms with Gasteiger partial charge in [-0.3, -0.25) is 38.9 Å². The quantitative estimate of drug-likeness (QED) is 0.0855. The first-order chi connectivity index (χ1) is 34.8. The highest BCUT2D eigenvalue weighted by molar-refractivity contribution is 6.07. The van der Waals surface area contributed by atoms with E-state index in [1.807, 2.05) is 0 Å². The minimum absolute atomic E-state index is 0.0115. The number of amides is 6. The molecule has 0 radical (unpaired) electrons. The number of alkyl halides is 3. The number of aryl methyl sites for hydroxylation is 1. The molecule has 6 amide bonds. The molecule has 378 valence electrons. The lowest BCUT2D eigenvalue weighted by Crippen LogP contribution is -2.52. The van der Waals surface area contributed by atoms with Gasteiger partial charge < -0.3 is 43.9 Å². The lowest BCUT2D eigenvalue weighted by Gasteiger charge is -2.31. The zero-order valence-corrected chi connectivity index (χ0v) is 39.2. The summed E-state index contributed by atoms with van der Waals surface area (Å²) in [6, 6.07) is 14.0. The van der Waals surface area contributed by atoms with Gasteiger partial charge in [-0.2, -0.15) is 0 Å². The number of pyridine rings is 1. The van der Waals surface area contributed by atoms with Crippen LogP contribution in [0.5, 0.6) is 28.9 Å². The second-order valence-electron chi connectivity index (χ2n) is 17.6. The molecule has 23 heteroatoms. The van der Waals surface area contributed by atoms with Crippen LogP contribution in [0.2, 0.25) is 0 Å². The molecule has 3 aliphatic rings. The number of hydrogen-bond donors (Lipinski definition) is 3. The van der Waals surface area contributed by atoms with Gasteiger partial charge in [-0.1, -0.05) is 6.07 Å². The molecule has 19 nitrogen and oxygen atoms in total. The second kappa shape index (κ2) is 19.9. The van der Waals surface area contributed by atoms with Crippen molar-refractivity contribution in [3.8, 4) is 28.9 Å². The Morgan fingerprint density at radius 3 is 2.34 bits per heavy atom. The standard InChI is InChI=1S/C50H44F4N8O11/c1-25-44(45(66)33-19-30(73-50(52,53)54)7-8-36(33)60(25)2)47(68)58-29-6-10-38(34(51)18-29)72-48-32-20-39(70-3)40(21-35(32)55-24-56-48)71-23-43(65)61-14-12-26(13-15-61)16-42(64)57-28-5-4-27-22-62(49(69)31(27)17-28)37-9-11-41(63)59-46(37)67/h4-8,10,17-21,24,26,37H,9,11-16,22-23H2,1-3H3,(H,57,64)(H,58,68)(H,59,63,67). The number of carbonyl (C=O) groups excluding carboxylic acids is 6. The van der Waals surface area contributed by atoms with E-state index in [2.05, 4.69) is 30.7 Å². The van der Waals surface area contributed by atoms with Gasteiger partial charge in [0.2, 0.25) is 29.0 Å². The first-order valence-corrected chi connectivity index (χ1v) is 22.8. The Labute approximate surface area is 411 Å². The van der Waals surface area contributed by atoms with Crippen molar-refractivity contribution in [1.29, 1.82) is 0 Å². The highest BCUT2D eigenvalue weighted by Gasteiger charge is 2.39. The van der Waals surface area contributed by atoms with Gasteiger partial charge in [0.25, 0.3) is 17.7 Å². The van der Waals surface area contributed by atoms with Crippen LogP contribution in [0, 0.1) is 18.7 Å². The van der Waals surface area contributed by atoms with Gasteiger partial charge in [0.15, 0.2) is 29.7 Å². The molecule has 0 aliphatic carbocycles. The molecule has 3 aliphatic heterocycles. The van der Waals surface area contributed by atoms with Crippen LogP contribution in [0.15, 0.2) is 77.9 Å². The van der Waals surface area contributed by atoms with Gasteiger partial charge in [0.05, 0.1) is 28.9 Å². The van der Waals surface area contributed by atoms with E-state index in [1.54, 1.807) is 23.1 Å². The largest absolute Gasteiger partial charge is 0.573 e. The topological polar surface area (TPSA) is 230 Å². The number of carbonyl (C=O) groups is 6. The third-order valence-electron chi connectivity index (χ3n) is 13.0. The molecule has 2 fully saturated rings. The summed E-state index contributed by atoms with van der Waals surface area (Å²) < 4.78 is 77.0. The molecule has 4 aromatic carbocycles. The van der Waals surface area contributed by atoms with E-state index in [0.29, 0.717) is 42.7 Å². The number of benzene rings is 4. The van der Waals surface area contributed by atoms with Gasteiger partial charge in [-0.15, -0.1) is 13.2 Å². The molecule has 3 N–H and O–H groups in total. The van der Waals surface area contributed by atoms with E-state index in [9.17, 15) is 46.7 Å². The number of likely N-dealkylation sites (tertiary alicyclic amines) is 1. The molecule has 73 heavy (non-hydrogen) atoms. The van der Waals surface area contributed by atoms with Crippen molar-refractivity contribution in [3.05, 3.63) is 111 Å². The Morgan fingerprint density at radius 1 is 0.863 bits per heavy atom. The van der Waals surface area contributed by atoms with Crippen LogP contribution in [-0.4, -0.2) is 99.0 Å². The molecule has 1 unspecified atom stereocenters. The molecule has 0 spiro atoms. The zero-order chi connectivity index (χ0) is 51.9. The van der Waals surface area contributed by atoms with Gasteiger partial charge in [0, 0.05) is 74.3 Å². The first-order valence-electron chi connectivity index (χ1n) is 22.8. The SMILES string of the molecule is COc1cc2c(Oc3ccc(NC(=O)c4c(C)n(C)c5ccc(OC(F)(F)F)cc5c4=O)cc3F)ncnc2cc1OCC(=O)N1CCC(CC(=O)Nc2ccc3c(c2)C(=O)N(C2CCC(=O)NC2=O)C3)CC1. The van der Waals surface area contributed by atoms with Crippen molar-refractivity contribution >= 4 is 68.6 Å². The van der Waals surface area contributed by atoms with Gasteiger partial charge >= 0.3 is 6.36 Å². The fourth-order valence-corrected chi connectivity index (χ4v) is 9.18. The summed E-state index contributed by atoms with van der Waals surface area (Å²) >= 11 is 0. The summed E-state index contributed by atoms with van der Waals surface area (Å²) in [5.74, 6) is -4.33. The number of hydrogen-bond acceptors (Lipinski definition) is 13. The summed E-state index contributed by atoms with van der Waals surface area (Å²) in [6.45, 7) is 2.13. The third kappa shape index (κ3) is 10.4. The average Bonchev–Trinajstić information content (AvgIpc) is 3.67. The molecular formula is C50H44F4N8O11. The van der Waals surface area contributed by atoms with Crippen LogP contribution in [-0.2, 0) is 32.8 Å². The number of nitrogens with zero attached hydrogens (tertiary/aromatic N) is 5. The van der Waals surface area contributed by atoms with E-state index in [0.717, 1.165) is 23.8 Å². The number of anilines is 2. The lowest BCUT2D eigenvalue weighted by atomic mass is 9.93. The van der Waals surface area contributed by atoms with E-state index in [-0.39, 0.29) is 118 Å². The van der Waals surface area contributed by atoms with E-state index >= 15 is 4.39 Å². The highest BCUT2D eigenvalue weighted by atomic mass is 19.4. The number of halogens is 4. The predicted molar refractivity (Wildman–Crippen MR) is 252 cm³/mol. The maximum atomic E-state index is 15.6. The minimum atomic E-state index is -5.01. The highest BCUT2D eigenvalue weighted by Crippen LogP contribution is 2.38. The molecule has 1 atom stereocenters. The van der Waals surface area contributed by atoms with Crippen molar-refractivity contribution in [2.24, 2.45) is 13.0 Å². The average molecular weight is 1010 g/mol. The van der Waals surface area contributed by atoms with Crippen molar-refractivity contribution in [2.75, 3.05) is 37.4 Å². The smallest absolute Gasteiger partial charge is 0.493 e. The maximum Gasteiger partial charge on any atom is 0.573 e. The van der Waals surface area contributed by atoms with Crippen LogP contribution in [0.3, 0.4) is 0 Å².